The molecule has 0 N–H and O–H groups in total. The van der Waals surface area contributed by atoms with E-state index in [4.69, 9.17) is 0 Å². The minimum Gasteiger partial charge on any atom is -0.135 e. The molecule has 218 valence electrons. The van der Waals surface area contributed by atoms with Gasteiger partial charge in [-0.2, -0.15) is 0 Å². The summed E-state index contributed by atoms with van der Waals surface area (Å²) in [7, 11) is 0. The molecule has 0 aliphatic carbocycles. The first kappa shape index (κ1) is 26.5. The van der Waals surface area contributed by atoms with Gasteiger partial charge in [0.25, 0.3) is 0 Å². The zero-order valence-electron chi connectivity index (χ0n) is 25.6. The lowest BCUT2D eigenvalue weighted by molar-refractivity contribution is 1.67. The Morgan fingerprint density at radius 1 is 0.277 bits per heavy atom. The largest absolute Gasteiger partial charge is 0.135 e. The quantitative estimate of drug-likeness (QED) is 0.174. The Kier molecular flexibility index (Phi) is 5.85. The number of hydrogen-bond donors (Lipinski definition) is 0. The molecule has 0 fully saturated rings. The molecule has 9 aromatic carbocycles. The van der Waals surface area contributed by atoms with Crippen LogP contribution in [-0.2, 0) is 0 Å². The van der Waals surface area contributed by atoms with Gasteiger partial charge in [0.1, 0.15) is 0 Å². The van der Waals surface area contributed by atoms with Crippen LogP contribution in [0.25, 0.3) is 96.6 Å². The third kappa shape index (κ3) is 4.07. The summed E-state index contributed by atoms with van der Waals surface area (Å²) >= 11 is 1.88. The van der Waals surface area contributed by atoms with Crippen molar-refractivity contribution in [3.63, 3.8) is 0 Å². The second-order valence-electron chi connectivity index (χ2n) is 12.4. The zero-order valence-corrected chi connectivity index (χ0v) is 26.4. The molecule has 0 unspecified atom stereocenters. The van der Waals surface area contributed by atoms with Crippen LogP contribution in [0.3, 0.4) is 0 Å². The molecule has 0 aliphatic rings. The predicted octanol–water partition coefficient (Wildman–Crippen LogP) is 13.7. The smallest absolute Gasteiger partial charge is 0.0361 e. The van der Waals surface area contributed by atoms with Crippen LogP contribution in [0.15, 0.2) is 170 Å². The van der Waals surface area contributed by atoms with Crippen molar-refractivity contribution in [2.24, 2.45) is 0 Å². The summed E-state index contributed by atoms with van der Waals surface area (Å²) < 4.78 is 2.66. The summed E-state index contributed by atoms with van der Waals surface area (Å²) in [6.07, 6.45) is 0. The monoisotopic (exact) mass is 612 g/mol. The molecule has 1 aromatic heterocycles. The summed E-state index contributed by atoms with van der Waals surface area (Å²) in [4.78, 5) is 0. The Labute approximate surface area is 276 Å². The first-order chi connectivity index (χ1) is 23.3. The van der Waals surface area contributed by atoms with Gasteiger partial charge in [0.2, 0.25) is 0 Å². The van der Waals surface area contributed by atoms with Crippen LogP contribution >= 0.6 is 11.3 Å². The maximum absolute atomic E-state index is 2.45. The van der Waals surface area contributed by atoms with Crippen molar-refractivity contribution in [1.29, 1.82) is 0 Å². The highest BCUT2D eigenvalue weighted by molar-refractivity contribution is 7.25. The van der Waals surface area contributed by atoms with E-state index in [2.05, 4.69) is 170 Å². The minimum atomic E-state index is 1.23. The van der Waals surface area contributed by atoms with Crippen molar-refractivity contribution in [2.75, 3.05) is 0 Å². The highest BCUT2D eigenvalue weighted by atomic mass is 32.1. The van der Waals surface area contributed by atoms with E-state index in [0.29, 0.717) is 0 Å². The maximum atomic E-state index is 2.45. The normalized spacial score (nSPS) is 11.8. The highest BCUT2D eigenvalue weighted by Crippen LogP contribution is 2.47. The second-order valence-corrected chi connectivity index (χ2v) is 13.5. The summed E-state index contributed by atoms with van der Waals surface area (Å²) in [6.45, 7) is 0. The van der Waals surface area contributed by atoms with Gasteiger partial charge in [0, 0.05) is 20.2 Å². The first-order valence-electron chi connectivity index (χ1n) is 16.2. The number of benzene rings is 9. The molecule has 0 saturated heterocycles. The van der Waals surface area contributed by atoms with Gasteiger partial charge < -0.3 is 0 Å². The summed E-state index contributed by atoms with van der Waals surface area (Å²) in [5.41, 5.74) is 7.61. The van der Waals surface area contributed by atoms with E-state index < -0.39 is 0 Å². The molecule has 10 aromatic rings. The van der Waals surface area contributed by atoms with Crippen LogP contribution in [0.2, 0.25) is 0 Å². The van der Waals surface area contributed by atoms with E-state index in [1.54, 1.807) is 0 Å². The van der Waals surface area contributed by atoms with Crippen molar-refractivity contribution in [2.45, 2.75) is 0 Å². The molecule has 10 rings (SSSR count). The topological polar surface area (TPSA) is 0 Å². The first-order valence-corrected chi connectivity index (χ1v) is 17.0. The molecule has 1 heterocycles. The fourth-order valence-electron chi connectivity index (χ4n) is 7.73. The Balaban J connectivity index is 1.34. The van der Waals surface area contributed by atoms with E-state index in [-0.39, 0.29) is 0 Å². The van der Waals surface area contributed by atoms with E-state index in [1.807, 2.05) is 11.3 Å². The van der Waals surface area contributed by atoms with Gasteiger partial charge in [-0.3, -0.25) is 0 Å². The third-order valence-corrected chi connectivity index (χ3v) is 11.0. The van der Waals surface area contributed by atoms with E-state index >= 15 is 0 Å². The molecule has 0 spiro atoms. The summed E-state index contributed by atoms with van der Waals surface area (Å²) in [5.74, 6) is 0. The maximum Gasteiger partial charge on any atom is 0.0361 e. The molecular formula is C46H28S. The average molecular weight is 613 g/mol. The number of hydrogen-bond acceptors (Lipinski definition) is 1. The Morgan fingerprint density at radius 2 is 0.723 bits per heavy atom. The fourth-order valence-corrected chi connectivity index (χ4v) is 8.88. The average Bonchev–Trinajstić information content (AvgIpc) is 3.51. The van der Waals surface area contributed by atoms with Crippen LogP contribution in [0.4, 0.5) is 0 Å². The number of fused-ring (bicyclic) bond motifs is 7. The van der Waals surface area contributed by atoms with Crippen LogP contribution in [0.1, 0.15) is 0 Å². The highest BCUT2D eigenvalue weighted by Gasteiger charge is 2.20. The third-order valence-electron chi connectivity index (χ3n) is 9.85. The lowest BCUT2D eigenvalue weighted by Gasteiger charge is -2.20. The van der Waals surface area contributed by atoms with E-state index in [1.165, 1.54) is 96.6 Å². The molecule has 0 atom stereocenters. The molecular weight excluding hydrogens is 585 g/mol. The molecule has 47 heavy (non-hydrogen) atoms. The van der Waals surface area contributed by atoms with Gasteiger partial charge in [0.05, 0.1) is 0 Å². The number of thiophene rings is 1. The SMILES string of the molecule is c1ccc2c(-c3c4ccccc4c(-c4cccc5ccccc45)c4cc(-c5ccc6c(c5)sc5ccccc56)ccc34)cccc2c1. The van der Waals surface area contributed by atoms with Crippen molar-refractivity contribution in [1.82, 2.24) is 0 Å². The predicted molar refractivity (Wildman–Crippen MR) is 206 cm³/mol. The van der Waals surface area contributed by atoms with Gasteiger partial charge in [-0.25, -0.2) is 0 Å². The molecule has 0 bridgehead atoms. The van der Waals surface area contributed by atoms with Crippen molar-refractivity contribution in [3.05, 3.63) is 170 Å². The lowest BCUT2D eigenvalue weighted by atomic mass is 9.83. The Hall–Kier alpha value is -5.76. The van der Waals surface area contributed by atoms with Crippen LogP contribution in [0.5, 0.6) is 0 Å². The molecule has 0 nitrogen and oxygen atoms in total. The van der Waals surface area contributed by atoms with Crippen molar-refractivity contribution < 1.29 is 0 Å². The van der Waals surface area contributed by atoms with E-state index in [9.17, 15) is 0 Å². The van der Waals surface area contributed by atoms with Crippen LogP contribution in [-0.4, -0.2) is 0 Å². The molecule has 0 radical (unpaired) electrons. The Bertz CT molecular complexity index is 2840. The van der Waals surface area contributed by atoms with Gasteiger partial charge in [-0.05, 0) is 94.7 Å². The molecule has 0 aliphatic heterocycles. The lowest BCUT2D eigenvalue weighted by Crippen LogP contribution is -1.93. The van der Waals surface area contributed by atoms with Crippen molar-refractivity contribution in [3.8, 4) is 33.4 Å². The standard InChI is InChI=1S/C46H28S/c1-3-15-33-29(11-1)13-9-20-37(33)45-39-18-5-6-19-40(39)46(38-21-10-14-30-12-2-4-16-34(30)38)42-27-31(24-26-41(42)45)32-23-25-36-35-17-7-8-22-43(35)47-44(36)28-32/h1-28H. The molecule has 1 heteroatoms. The van der Waals surface area contributed by atoms with E-state index in [0.717, 1.165) is 0 Å². The van der Waals surface area contributed by atoms with Gasteiger partial charge >= 0.3 is 0 Å². The Morgan fingerprint density at radius 3 is 1.38 bits per heavy atom. The van der Waals surface area contributed by atoms with Gasteiger partial charge in [-0.1, -0.05) is 152 Å². The second kappa shape index (κ2) is 10.4. The summed E-state index contributed by atoms with van der Waals surface area (Å²) in [5, 5.41) is 12.8. The minimum absolute atomic E-state index is 1.23. The van der Waals surface area contributed by atoms with Gasteiger partial charge in [0.15, 0.2) is 0 Å². The number of rotatable bonds is 3. The zero-order chi connectivity index (χ0) is 30.9. The van der Waals surface area contributed by atoms with Crippen LogP contribution < -0.4 is 0 Å². The molecule has 0 saturated carbocycles. The summed E-state index contributed by atoms with van der Waals surface area (Å²) in [6, 6.07) is 62.9. The fraction of sp³-hybridized carbons (Fsp3) is 0. The molecule has 0 amide bonds. The van der Waals surface area contributed by atoms with Gasteiger partial charge in [-0.15, -0.1) is 11.3 Å². The van der Waals surface area contributed by atoms with Crippen molar-refractivity contribution >= 4 is 74.6 Å². The van der Waals surface area contributed by atoms with Crippen LogP contribution in [0, 0.1) is 0 Å².